The van der Waals surface area contributed by atoms with Gasteiger partial charge in [0.25, 0.3) is 11.6 Å². The molecule has 2 fully saturated rings. The van der Waals surface area contributed by atoms with E-state index in [1.165, 1.54) is 14.2 Å². The maximum absolute atomic E-state index is 12.7. The Kier molecular flexibility index (Phi) is 3.92. The number of rotatable bonds is 3. The molecular formula is C16H19N3O5. The minimum Gasteiger partial charge on any atom is -0.466 e. The lowest BCUT2D eigenvalue weighted by Gasteiger charge is -2.41. The van der Waals surface area contributed by atoms with Crippen molar-refractivity contribution in [1.29, 1.82) is 0 Å². The van der Waals surface area contributed by atoms with Crippen LogP contribution in [0.2, 0.25) is 0 Å². The summed E-state index contributed by atoms with van der Waals surface area (Å²) >= 11 is 0. The second kappa shape index (κ2) is 5.79. The number of fused-ring (bicyclic) bond motifs is 2. The van der Waals surface area contributed by atoms with E-state index in [-0.39, 0.29) is 6.04 Å². The minimum absolute atomic E-state index is 0.0383. The van der Waals surface area contributed by atoms with Gasteiger partial charge in [-0.3, -0.25) is 9.69 Å². The summed E-state index contributed by atoms with van der Waals surface area (Å²) in [5.74, 6) is -1.58. The third-order valence-corrected chi connectivity index (χ3v) is 4.71. The van der Waals surface area contributed by atoms with Crippen LogP contribution in [-0.2, 0) is 19.1 Å². The number of nitrogens with zero attached hydrogens (tertiary/aromatic N) is 2. The first-order valence-corrected chi connectivity index (χ1v) is 7.52. The Bertz CT molecular complexity index is 697. The number of hydrogen-bond donors (Lipinski definition) is 1. The summed E-state index contributed by atoms with van der Waals surface area (Å²) in [7, 11) is 4.28. The van der Waals surface area contributed by atoms with E-state index in [2.05, 4.69) is 5.32 Å². The van der Waals surface area contributed by atoms with Crippen LogP contribution < -0.4 is 10.2 Å². The van der Waals surface area contributed by atoms with Crippen molar-refractivity contribution in [1.82, 2.24) is 10.2 Å². The number of amides is 1. The van der Waals surface area contributed by atoms with Crippen molar-refractivity contribution in [3.8, 4) is 0 Å². The number of nitrogens with one attached hydrogen (secondary N) is 1. The first-order chi connectivity index (χ1) is 11.5. The van der Waals surface area contributed by atoms with E-state index in [9.17, 15) is 14.4 Å². The zero-order valence-electron chi connectivity index (χ0n) is 13.7. The number of ether oxygens (including phenoxy) is 2. The van der Waals surface area contributed by atoms with Crippen LogP contribution in [0.25, 0.3) is 0 Å². The smallest absolute Gasteiger partial charge is 0.357 e. The maximum atomic E-state index is 12.7. The van der Waals surface area contributed by atoms with Crippen LogP contribution in [0.1, 0.15) is 10.4 Å². The van der Waals surface area contributed by atoms with Gasteiger partial charge in [0.05, 0.1) is 19.8 Å². The molecule has 2 bridgehead atoms. The normalized spacial score (nSPS) is 26.0. The van der Waals surface area contributed by atoms with Crippen molar-refractivity contribution in [2.45, 2.75) is 11.7 Å². The van der Waals surface area contributed by atoms with E-state index in [4.69, 9.17) is 9.47 Å². The molecule has 0 radical (unpaired) electrons. The number of piperazine rings is 1. The van der Waals surface area contributed by atoms with Crippen molar-refractivity contribution in [3.05, 3.63) is 29.8 Å². The average molecular weight is 333 g/mol. The molecule has 8 heteroatoms. The molecule has 2 aliphatic heterocycles. The van der Waals surface area contributed by atoms with Crippen LogP contribution in [-0.4, -0.2) is 68.8 Å². The predicted molar refractivity (Wildman–Crippen MR) is 84.4 cm³/mol. The van der Waals surface area contributed by atoms with Gasteiger partial charge < -0.3 is 19.7 Å². The number of methoxy groups -OCH3 is 2. The van der Waals surface area contributed by atoms with Crippen molar-refractivity contribution in [2.24, 2.45) is 0 Å². The summed E-state index contributed by atoms with van der Waals surface area (Å²) in [5.41, 5.74) is -0.652. The monoisotopic (exact) mass is 333 g/mol. The van der Waals surface area contributed by atoms with Crippen molar-refractivity contribution in [2.75, 3.05) is 39.3 Å². The van der Waals surface area contributed by atoms with Gasteiger partial charge in [0, 0.05) is 24.8 Å². The highest BCUT2D eigenvalue weighted by atomic mass is 16.5. The van der Waals surface area contributed by atoms with E-state index in [0.717, 1.165) is 0 Å². The molecule has 2 saturated heterocycles. The highest BCUT2D eigenvalue weighted by molar-refractivity contribution is 6.11. The molecule has 24 heavy (non-hydrogen) atoms. The summed E-state index contributed by atoms with van der Waals surface area (Å²) in [5, 5.41) is 2.76. The molecule has 3 rings (SSSR count). The fraction of sp³-hybridized carbons (Fsp3) is 0.438. The summed E-state index contributed by atoms with van der Waals surface area (Å²) in [6.07, 6.45) is 0. The van der Waals surface area contributed by atoms with Crippen LogP contribution in [0.3, 0.4) is 0 Å². The highest BCUT2D eigenvalue weighted by Crippen LogP contribution is 2.38. The summed E-state index contributed by atoms with van der Waals surface area (Å²) in [4.78, 5) is 40.4. The second-order valence-corrected chi connectivity index (χ2v) is 5.79. The standard InChI is InChI=1S/C16H19N3O5/c1-18-12-8-17-14(21)16(18,15(22)24-3)19(9-12)11-6-4-5-10(7-11)13(20)23-2/h4-7,12H,8-9H2,1-3H3,(H,17,21)/t12-,16+/m1/s1. The molecule has 0 spiro atoms. The lowest BCUT2D eigenvalue weighted by Crippen LogP contribution is -2.71. The number of likely N-dealkylation sites (N-methyl/N-ethyl adjacent to an activating group) is 1. The second-order valence-electron chi connectivity index (χ2n) is 5.79. The number of carbonyl (C=O) groups is 3. The number of carbonyl (C=O) groups excluding carboxylic acids is 3. The van der Waals surface area contributed by atoms with E-state index >= 15 is 0 Å². The zero-order chi connectivity index (χ0) is 17.5. The predicted octanol–water partition coefficient (Wildman–Crippen LogP) is -0.407. The summed E-state index contributed by atoms with van der Waals surface area (Å²) < 4.78 is 9.67. The van der Waals surface area contributed by atoms with Crippen LogP contribution in [0, 0.1) is 0 Å². The number of benzene rings is 1. The van der Waals surface area contributed by atoms with Gasteiger partial charge in [-0.1, -0.05) is 6.07 Å². The molecule has 1 N–H and O–H groups in total. The molecule has 1 aromatic rings. The Balaban J connectivity index is 2.11. The van der Waals surface area contributed by atoms with Gasteiger partial charge in [0.15, 0.2) is 0 Å². The van der Waals surface area contributed by atoms with Crippen LogP contribution in [0.15, 0.2) is 24.3 Å². The number of hydrogen-bond acceptors (Lipinski definition) is 7. The first kappa shape index (κ1) is 16.3. The third-order valence-electron chi connectivity index (χ3n) is 4.71. The number of anilines is 1. The van der Waals surface area contributed by atoms with Gasteiger partial charge in [-0.2, -0.15) is 0 Å². The van der Waals surface area contributed by atoms with Crippen molar-refractivity contribution < 1.29 is 23.9 Å². The minimum atomic E-state index is -1.58. The Morgan fingerprint density at radius 2 is 2.04 bits per heavy atom. The van der Waals surface area contributed by atoms with Crippen molar-refractivity contribution >= 4 is 23.5 Å². The lowest BCUT2D eigenvalue weighted by molar-refractivity contribution is -0.161. The lowest BCUT2D eigenvalue weighted by atomic mass is 10.0. The molecule has 1 aromatic carbocycles. The molecule has 2 heterocycles. The average Bonchev–Trinajstić information content (AvgIpc) is 2.81. The Labute approximate surface area is 139 Å². The molecule has 1 amide bonds. The van der Waals surface area contributed by atoms with Gasteiger partial charge in [0.1, 0.15) is 0 Å². The topological polar surface area (TPSA) is 88.2 Å². The van der Waals surface area contributed by atoms with Crippen LogP contribution in [0.5, 0.6) is 0 Å². The van der Waals surface area contributed by atoms with E-state index in [1.807, 2.05) is 0 Å². The van der Waals surface area contributed by atoms with Crippen LogP contribution >= 0.6 is 0 Å². The van der Waals surface area contributed by atoms with E-state index < -0.39 is 23.5 Å². The SMILES string of the molecule is COC(=O)c1cccc(N2C[C@H]3CNC(=O)[C@]2(C(=O)OC)N3C)c1. The van der Waals surface area contributed by atoms with Gasteiger partial charge >= 0.3 is 11.9 Å². The van der Waals surface area contributed by atoms with Crippen LogP contribution in [0.4, 0.5) is 5.69 Å². The van der Waals surface area contributed by atoms with Gasteiger partial charge in [-0.25, -0.2) is 9.59 Å². The Morgan fingerprint density at radius 1 is 1.29 bits per heavy atom. The van der Waals surface area contributed by atoms with E-state index in [1.54, 1.807) is 41.1 Å². The molecule has 0 aromatic heterocycles. The molecule has 8 nitrogen and oxygen atoms in total. The fourth-order valence-electron chi connectivity index (χ4n) is 3.44. The van der Waals surface area contributed by atoms with E-state index in [0.29, 0.717) is 24.3 Å². The zero-order valence-corrected chi connectivity index (χ0v) is 13.7. The summed E-state index contributed by atoms with van der Waals surface area (Å²) in [6, 6.07) is 6.62. The molecule has 2 atom stereocenters. The third kappa shape index (κ3) is 2.06. The molecular weight excluding hydrogens is 314 g/mol. The Hall–Kier alpha value is -2.61. The quantitative estimate of drug-likeness (QED) is 0.594. The van der Waals surface area contributed by atoms with Gasteiger partial charge in [-0.05, 0) is 25.2 Å². The molecule has 0 unspecified atom stereocenters. The molecule has 2 aliphatic rings. The highest BCUT2D eigenvalue weighted by Gasteiger charge is 2.64. The Morgan fingerprint density at radius 3 is 2.71 bits per heavy atom. The van der Waals surface area contributed by atoms with Crippen molar-refractivity contribution in [3.63, 3.8) is 0 Å². The molecule has 0 aliphatic carbocycles. The molecule has 0 saturated carbocycles. The fourth-order valence-corrected chi connectivity index (χ4v) is 3.44. The van der Waals surface area contributed by atoms with Gasteiger partial charge in [-0.15, -0.1) is 0 Å². The number of esters is 2. The van der Waals surface area contributed by atoms with Gasteiger partial charge in [0.2, 0.25) is 0 Å². The summed E-state index contributed by atoms with van der Waals surface area (Å²) in [6.45, 7) is 0.899. The molecule has 128 valence electrons. The first-order valence-electron chi connectivity index (χ1n) is 7.52. The largest absolute Gasteiger partial charge is 0.466 e. The maximum Gasteiger partial charge on any atom is 0.357 e.